The number of nitrogen functional groups attached to an aromatic ring is 1. The van der Waals surface area contributed by atoms with Crippen molar-refractivity contribution in [3.05, 3.63) is 46.4 Å². The standard InChI is InChI=1S/C10H9N5O2/c11-13-9(16)6-5-8(14-15-10(6)17)7-3-1-2-4-12-7/h1-5H,11H2,(H,13,16)(H,15,17). The van der Waals surface area contributed by atoms with Gasteiger partial charge < -0.3 is 0 Å². The molecule has 2 heterocycles. The predicted molar refractivity (Wildman–Crippen MR) is 59.7 cm³/mol. The maximum absolute atomic E-state index is 11.3. The summed E-state index contributed by atoms with van der Waals surface area (Å²) in [5.74, 6) is 4.30. The number of nitrogens with two attached hydrogens (primary N) is 1. The number of pyridine rings is 1. The van der Waals surface area contributed by atoms with Crippen LogP contribution in [0.15, 0.2) is 35.3 Å². The molecule has 2 aromatic heterocycles. The fraction of sp³-hybridized carbons (Fsp3) is 0. The molecule has 0 atom stereocenters. The smallest absolute Gasteiger partial charge is 0.277 e. The number of amides is 1. The highest BCUT2D eigenvalue weighted by Crippen LogP contribution is 2.11. The normalized spacial score (nSPS) is 9.94. The Balaban J connectivity index is 2.52. The summed E-state index contributed by atoms with van der Waals surface area (Å²) >= 11 is 0. The Kier molecular flexibility index (Phi) is 2.93. The molecule has 0 unspecified atom stereocenters. The molecule has 0 fully saturated rings. The number of carbonyl (C=O) groups is 1. The quantitative estimate of drug-likeness (QED) is 0.364. The number of nitrogens with one attached hydrogen (secondary N) is 2. The molecule has 86 valence electrons. The molecule has 0 radical (unpaired) electrons. The van der Waals surface area contributed by atoms with E-state index in [0.717, 1.165) is 0 Å². The number of hydrazine groups is 1. The number of hydrogen-bond donors (Lipinski definition) is 3. The zero-order valence-electron chi connectivity index (χ0n) is 8.68. The van der Waals surface area contributed by atoms with Crippen LogP contribution in [0.1, 0.15) is 10.4 Å². The van der Waals surface area contributed by atoms with E-state index >= 15 is 0 Å². The van der Waals surface area contributed by atoms with Gasteiger partial charge in [0.2, 0.25) is 0 Å². The zero-order valence-corrected chi connectivity index (χ0v) is 8.68. The van der Waals surface area contributed by atoms with E-state index in [1.54, 1.807) is 24.4 Å². The summed E-state index contributed by atoms with van der Waals surface area (Å²) in [6.07, 6.45) is 1.59. The average molecular weight is 231 g/mol. The molecule has 17 heavy (non-hydrogen) atoms. The van der Waals surface area contributed by atoms with Gasteiger partial charge in [-0.25, -0.2) is 10.9 Å². The molecule has 0 aromatic carbocycles. The van der Waals surface area contributed by atoms with Crippen LogP contribution < -0.4 is 16.8 Å². The largest absolute Gasteiger partial charge is 0.290 e. The first-order chi connectivity index (χ1) is 8.22. The van der Waals surface area contributed by atoms with Crippen molar-refractivity contribution in [2.75, 3.05) is 0 Å². The van der Waals surface area contributed by atoms with Crippen LogP contribution in [0.25, 0.3) is 11.4 Å². The molecule has 2 rings (SSSR count). The summed E-state index contributed by atoms with van der Waals surface area (Å²) in [6, 6.07) is 6.58. The Morgan fingerprint density at radius 3 is 2.82 bits per heavy atom. The second-order valence-corrected chi connectivity index (χ2v) is 3.18. The minimum atomic E-state index is -0.675. The first-order valence-electron chi connectivity index (χ1n) is 4.74. The van der Waals surface area contributed by atoms with Gasteiger partial charge in [0.05, 0.1) is 5.69 Å². The summed E-state index contributed by atoms with van der Waals surface area (Å²) in [7, 11) is 0. The van der Waals surface area contributed by atoms with Gasteiger partial charge in [-0.3, -0.25) is 20.0 Å². The van der Waals surface area contributed by atoms with Gasteiger partial charge in [-0.05, 0) is 18.2 Å². The van der Waals surface area contributed by atoms with E-state index in [0.29, 0.717) is 11.4 Å². The molecule has 7 nitrogen and oxygen atoms in total. The Bertz CT molecular complexity index is 593. The van der Waals surface area contributed by atoms with E-state index in [4.69, 9.17) is 5.84 Å². The predicted octanol–water partition coefficient (Wildman–Crippen LogP) is -0.565. The molecule has 0 saturated carbocycles. The van der Waals surface area contributed by atoms with Crippen molar-refractivity contribution in [1.29, 1.82) is 0 Å². The van der Waals surface area contributed by atoms with Gasteiger partial charge in [0, 0.05) is 6.20 Å². The lowest BCUT2D eigenvalue weighted by molar-refractivity contribution is 0.0952. The number of aromatic amines is 1. The molecule has 0 bridgehead atoms. The topological polar surface area (TPSA) is 114 Å². The van der Waals surface area contributed by atoms with Crippen LogP contribution in [-0.4, -0.2) is 21.1 Å². The number of nitrogens with zero attached hydrogens (tertiary/aromatic N) is 2. The van der Waals surface area contributed by atoms with Crippen molar-refractivity contribution in [3.8, 4) is 11.4 Å². The number of H-pyrrole nitrogens is 1. The molecule has 0 aliphatic rings. The van der Waals surface area contributed by atoms with Crippen molar-refractivity contribution in [3.63, 3.8) is 0 Å². The van der Waals surface area contributed by atoms with E-state index in [9.17, 15) is 9.59 Å². The van der Waals surface area contributed by atoms with Crippen LogP contribution in [0.5, 0.6) is 0 Å². The second kappa shape index (κ2) is 4.54. The van der Waals surface area contributed by atoms with E-state index in [1.165, 1.54) is 6.07 Å². The Hall–Kier alpha value is -2.54. The number of hydrogen-bond acceptors (Lipinski definition) is 5. The minimum absolute atomic E-state index is 0.108. The highest BCUT2D eigenvalue weighted by atomic mass is 16.2. The lowest BCUT2D eigenvalue weighted by Gasteiger charge is -2.01. The number of rotatable bonds is 2. The highest BCUT2D eigenvalue weighted by molar-refractivity contribution is 5.94. The molecule has 0 spiro atoms. The van der Waals surface area contributed by atoms with Gasteiger partial charge in [-0.1, -0.05) is 6.07 Å². The molecule has 4 N–H and O–H groups in total. The van der Waals surface area contributed by atoms with Crippen LogP contribution in [-0.2, 0) is 0 Å². The third-order valence-corrected chi connectivity index (χ3v) is 2.11. The Morgan fingerprint density at radius 2 is 2.18 bits per heavy atom. The third kappa shape index (κ3) is 2.18. The van der Waals surface area contributed by atoms with Crippen LogP contribution >= 0.6 is 0 Å². The lowest BCUT2D eigenvalue weighted by Crippen LogP contribution is -2.34. The van der Waals surface area contributed by atoms with Crippen molar-refractivity contribution in [1.82, 2.24) is 20.6 Å². The maximum Gasteiger partial charge on any atom is 0.277 e. The van der Waals surface area contributed by atoms with Crippen molar-refractivity contribution in [2.45, 2.75) is 0 Å². The molecular formula is C10H9N5O2. The van der Waals surface area contributed by atoms with Crippen LogP contribution in [0, 0.1) is 0 Å². The maximum atomic E-state index is 11.3. The highest BCUT2D eigenvalue weighted by Gasteiger charge is 2.11. The SMILES string of the molecule is NNC(=O)c1cc(-c2ccccn2)n[nH]c1=O. The van der Waals surface area contributed by atoms with Crippen molar-refractivity contribution < 1.29 is 4.79 Å². The van der Waals surface area contributed by atoms with Gasteiger partial charge in [0.15, 0.2) is 0 Å². The Morgan fingerprint density at radius 1 is 1.35 bits per heavy atom. The average Bonchev–Trinajstić information content (AvgIpc) is 2.39. The summed E-state index contributed by atoms with van der Waals surface area (Å²) in [5, 5.41) is 6.03. The van der Waals surface area contributed by atoms with E-state index < -0.39 is 11.5 Å². The first kappa shape index (κ1) is 11.0. The first-order valence-corrected chi connectivity index (χ1v) is 4.74. The van der Waals surface area contributed by atoms with Crippen molar-refractivity contribution >= 4 is 5.91 Å². The van der Waals surface area contributed by atoms with Gasteiger partial charge >= 0.3 is 0 Å². The number of aromatic nitrogens is 3. The fourth-order valence-corrected chi connectivity index (χ4v) is 1.30. The lowest BCUT2D eigenvalue weighted by atomic mass is 10.2. The fourth-order valence-electron chi connectivity index (χ4n) is 1.30. The molecule has 0 aliphatic carbocycles. The van der Waals surface area contributed by atoms with E-state index in [-0.39, 0.29) is 5.56 Å². The van der Waals surface area contributed by atoms with Crippen LogP contribution in [0.3, 0.4) is 0 Å². The molecule has 2 aromatic rings. The summed E-state index contributed by atoms with van der Waals surface area (Å²) in [4.78, 5) is 26.7. The van der Waals surface area contributed by atoms with Gasteiger partial charge in [0.25, 0.3) is 11.5 Å². The second-order valence-electron chi connectivity index (χ2n) is 3.18. The number of carbonyl (C=O) groups excluding carboxylic acids is 1. The van der Waals surface area contributed by atoms with Gasteiger partial charge in [-0.2, -0.15) is 5.10 Å². The van der Waals surface area contributed by atoms with E-state index in [1.807, 2.05) is 5.43 Å². The molecule has 1 amide bonds. The van der Waals surface area contributed by atoms with Crippen LogP contribution in [0.4, 0.5) is 0 Å². The monoisotopic (exact) mass is 231 g/mol. The Labute approximate surface area is 95.7 Å². The molecule has 0 aliphatic heterocycles. The third-order valence-electron chi connectivity index (χ3n) is 2.11. The minimum Gasteiger partial charge on any atom is -0.290 e. The van der Waals surface area contributed by atoms with Gasteiger partial charge in [0.1, 0.15) is 11.3 Å². The summed E-state index contributed by atoms with van der Waals surface area (Å²) in [6.45, 7) is 0. The van der Waals surface area contributed by atoms with Crippen molar-refractivity contribution in [2.24, 2.45) is 5.84 Å². The summed E-state index contributed by atoms with van der Waals surface area (Å²) < 4.78 is 0. The van der Waals surface area contributed by atoms with Gasteiger partial charge in [-0.15, -0.1) is 0 Å². The van der Waals surface area contributed by atoms with Crippen LogP contribution in [0.2, 0.25) is 0 Å². The molecule has 0 saturated heterocycles. The zero-order chi connectivity index (χ0) is 12.3. The molecule has 7 heteroatoms. The summed E-state index contributed by atoms with van der Waals surface area (Å²) in [5.41, 5.74) is 2.12. The molecular weight excluding hydrogens is 222 g/mol. The van der Waals surface area contributed by atoms with E-state index in [2.05, 4.69) is 15.2 Å².